The number of carbonyl (C=O) groups excluding carboxylic acids is 3. The number of carbonyl (C=O) groups is 3. The fourth-order valence-electron chi connectivity index (χ4n) is 1.84. The average molecular weight is 263 g/mol. The molecule has 0 radical (unpaired) electrons. The molecule has 3 N–H and O–H groups in total. The van der Waals surface area contributed by atoms with Crippen LogP contribution in [0.25, 0.3) is 0 Å². The van der Waals surface area contributed by atoms with E-state index in [1.807, 2.05) is 0 Å². The first-order chi connectivity index (χ1) is 9.01. The van der Waals surface area contributed by atoms with E-state index in [4.69, 9.17) is 10.5 Å². The van der Waals surface area contributed by atoms with Crippen LogP contribution in [0.15, 0.2) is 18.2 Å². The van der Waals surface area contributed by atoms with Crippen LogP contribution in [0.3, 0.4) is 0 Å². The summed E-state index contributed by atoms with van der Waals surface area (Å²) in [5.41, 5.74) is 6.26. The van der Waals surface area contributed by atoms with Crippen molar-refractivity contribution in [3.05, 3.63) is 23.8 Å². The second-order valence-corrected chi connectivity index (χ2v) is 4.09. The summed E-state index contributed by atoms with van der Waals surface area (Å²) < 4.78 is 5.08. The van der Waals surface area contributed by atoms with Crippen LogP contribution >= 0.6 is 0 Å². The Morgan fingerprint density at radius 2 is 1.95 bits per heavy atom. The number of methoxy groups -OCH3 is 1. The van der Waals surface area contributed by atoms with Gasteiger partial charge >= 0.3 is 0 Å². The Bertz CT molecular complexity index is 540. The van der Waals surface area contributed by atoms with Crippen LogP contribution in [0.1, 0.15) is 10.4 Å². The largest absolute Gasteiger partial charge is 0.496 e. The Balaban J connectivity index is 2.31. The van der Waals surface area contributed by atoms with Gasteiger partial charge in [-0.25, -0.2) is 0 Å². The van der Waals surface area contributed by atoms with E-state index in [0.29, 0.717) is 11.4 Å². The molecule has 0 aliphatic carbocycles. The van der Waals surface area contributed by atoms with Crippen molar-refractivity contribution in [2.45, 2.75) is 0 Å². The molecular weight excluding hydrogens is 250 g/mol. The smallest absolute Gasteiger partial charge is 0.258 e. The van der Waals surface area contributed by atoms with Crippen molar-refractivity contribution in [1.29, 1.82) is 0 Å². The zero-order chi connectivity index (χ0) is 14.0. The van der Waals surface area contributed by atoms with Gasteiger partial charge in [-0.2, -0.15) is 0 Å². The number of nitrogens with two attached hydrogens (primary N) is 1. The summed E-state index contributed by atoms with van der Waals surface area (Å²) in [6.45, 7) is -0.328. The lowest BCUT2D eigenvalue weighted by Gasteiger charge is -2.26. The summed E-state index contributed by atoms with van der Waals surface area (Å²) in [4.78, 5) is 36.0. The molecule has 0 saturated carbocycles. The highest BCUT2D eigenvalue weighted by Crippen LogP contribution is 2.22. The molecule has 1 heterocycles. The predicted molar refractivity (Wildman–Crippen MR) is 66.5 cm³/mol. The van der Waals surface area contributed by atoms with Crippen molar-refractivity contribution < 1.29 is 19.1 Å². The molecule has 0 spiro atoms. The van der Waals surface area contributed by atoms with E-state index in [-0.39, 0.29) is 18.7 Å². The number of rotatable bonds is 2. The average Bonchev–Trinajstić information content (AvgIpc) is 2.36. The van der Waals surface area contributed by atoms with Crippen molar-refractivity contribution in [2.24, 2.45) is 0 Å². The van der Waals surface area contributed by atoms with Crippen molar-refractivity contribution >= 4 is 23.4 Å². The molecule has 1 saturated heterocycles. The maximum absolute atomic E-state index is 12.3. The van der Waals surface area contributed by atoms with Crippen molar-refractivity contribution in [3.8, 4) is 5.75 Å². The quantitative estimate of drug-likeness (QED) is 0.546. The third kappa shape index (κ3) is 2.65. The molecule has 0 atom stereocenters. The van der Waals surface area contributed by atoms with Gasteiger partial charge in [0.05, 0.1) is 12.7 Å². The van der Waals surface area contributed by atoms with Crippen LogP contribution in [0.4, 0.5) is 5.69 Å². The lowest BCUT2D eigenvalue weighted by Crippen LogP contribution is -2.53. The van der Waals surface area contributed by atoms with E-state index in [9.17, 15) is 14.4 Å². The van der Waals surface area contributed by atoms with Gasteiger partial charge in [0.2, 0.25) is 11.8 Å². The molecule has 1 aliphatic heterocycles. The van der Waals surface area contributed by atoms with Gasteiger partial charge in [0.1, 0.15) is 18.8 Å². The highest BCUT2D eigenvalue weighted by atomic mass is 16.5. The first-order valence-electron chi connectivity index (χ1n) is 5.56. The summed E-state index contributed by atoms with van der Waals surface area (Å²) in [5.74, 6) is -1.13. The number of piperazine rings is 1. The van der Waals surface area contributed by atoms with E-state index in [0.717, 1.165) is 4.90 Å². The number of hydrogen-bond acceptors (Lipinski definition) is 5. The molecule has 1 aliphatic rings. The van der Waals surface area contributed by atoms with Gasteiger partial charge in [-0.15, -0.1) is 0 Å². The van der Waals surface area contributed by atoms with Gasteiger partial charge in [0.15, 0.2) is 0 Å². The Hall–Kier alpha value is -2.57. The number of imide groups is 1. The van der Waals surface area contributed by atoms with E-state index >= 15 is 0 Å². The third-order valence-corrected chi connectivity index (χ3v) is 2.69. The Labute approximate surface area is 109 Å². The van der Waals surface area contributed by atoms with Crippen LogP contribution in [0, 0.1) is 0 Å². The first-order valence-corrected chi connectivity index (χ1v) is 5.56. The van der Waals surface area contributed by atoms with Crippen LogP contribution < -0.4 is 15.8 Å². The maximum atomic E-state index is 12.3. The summed E-state index contributed by atoms with van der Waals surface area (Å²) in [5, 5.41) is 2.13. The number of amides is 3. The Morgan fingerprint density at radius 3 is 2.53 bits per heavy atom. The van der Waals surface area contributed by atoms with Gasteiger partial charge < -0.3 is 15.4 Å². The summed E-state index contributed by atoms with van der Waals surface area (Å²) in [7, 11) is 1.43. The van der Waals surface area contributed by atoms with Gasteiger partial charge in [-0.3, -0.25) is 19.7 Å². The van der Waals surface area contributed by atoms with Crippen LogP contribution in [0.5, 0.6) is 5.75 Å². The predicted octanol–water partition coefficient (Wildman–Crippen LogP) is -0.624. The molecule has 2 rings (SSSR count). The minimum Gasteiger partial charge on any atom is -0.496 e. The summed E-state index contributed by atoms with van der Waals surface area (Å²) in [6, 6.07) is 4.62. The van der Waals surface area contributed by atoms with Gasteiger partial charge in [0, 0.05) is 5.69 Å². The van der Waals surface area contributed by atoms with Crippen LogP contribution in [0.2, 0.25) is 0 Å². The lowest BCUT2D eigenvalue weighted by molar-refractivity contribution is -0.135. The number of nitrogens with zero attached hydrogens (tertiary/aromatic N) is 1. The molecule has 3 amide bonds. The molecule has 1 fully saturated rings. The van der Waals surface area contributed by atoms with Crippen molar-refractivity contribution in [3.63, 3.8) is 0 Å². The van der Waals surface area contributed by atoms with Gasteiger partial charge in [0.25, 0.3) is 5.91 Å². The molecule has 19 heavy (non-hydrogen) atoms. The number of ether oxygens (including phenoxy) is 1. The van der Waals surface area contributed by atoms with Crippen LogP contribution in [-0.2, 0) is 9.59 Å². The van der Waals surface area contributed by atoms with Crippen LogP contribution in [-0.4, -0.2) is 42.8 Å². The normalized spacial score (nSPS) is 15.1. The van der Waals surface area contributed by atoms with E-state index in [1.54, 1.807) is 12.1 Å². The molecule has 1 aromatic rings. The highest BCUT2D eigenvalue weighted by molar-refractivity contribution is 6.06. The lowest BCUT2D eigenvalue weighted by atomic mass is 10.1. The minimum absolute atomic E-state index is 0.164. The maximum Gasteiger partial charge on any atom is 0.258 e. The molecule has 0 bridgehead atoms. The van der Waals surface area contributed by atoms with Gasteiger partial charge in [-0.05, 0) is 18.2 Å². The fourth-order valence-corrected chi connectivity index (χ4v) is 1.84. The number of anilines is 1. The van der Waals surface area contributed by atoms with E-state index in [1.165, 1.54) is 13.2 Å². The topological polar surface area (TPSA) is 102 Å². The molecular formula is C12H13N3O4. The Morgan fingerprint density at radius 1 is 1.32 bits per heavy atom. The molecule has 7 heteroatoms. The second-order valence-electron chi connectivity index (χ2n) is 4.09. The number of hydrogen-bond donors (Lipinski definition) is 2. The van der Waals surface area contributed by atoms with Gasteiger partial charge in [-0.1, -0.05) is 0 Å². The zero-order valence-corrected chi connectivity index (χ0v) is 10.3. The monoisotopic (exact) mass is 263 g/mol. The molecule has 100 valence electrons. The van der Waals surface area contributed by atoms with E-state index < -0.39 is 17.7 Å². The number of nitrogens with one attached hydrogen (secondary N) is 1. The number of nitrogen functional groups attached to an aromatic ring is 1. The molecule has 1 aromatic carbocycles. The summed E-state index contributed by atoms with van der Waals surface area (Å²) in [6.07, 6.45) is 0. The molecule has 0 aromatic heterocycles. The zero-order valence-electron chi connectivity index (χ0n) is 10.3. The number of benzene rings is 1. The first kappa shape index (κ1) is 12.9. The fraction of sp³-hybridized carbons (Fsp3) is 0.250. The minimum atomic E-state index is -0.507. The standard InChI is InChI=1S/C12H13N3O4/c1-19-9-3-2-7(13)4-8(9)12(18)15-5-10(16)14-11(17)6-15/h2-4H,5-6,13H2,1H3,(H,14,16,17). The third-order valence-electron chi connectivity index (χ3n) is 2.69. The van der Waals surface area contributed by atoms with E-state index in [2.05, 4.69) is 5.32 Å². The SMILES string of the molecule is COc1ccc(N)cc1C(=O)N1CC(=O)NC(=O)C1. The molecule has 0 unspecified atom stereocenters. The van der Waals surface area contributed by atoms with Crippen molar-refractivity contribution in [2.75, 3.05) is 25.9 Å². The van der Waals surface area contributed by atoms with Crippen molar-refractivity contribution in [1.82, 2.24) is 10.2 Å². The Kier molecular flexibility index (Phi) is 3.37. The highest BCUT2D eigenvalue weighted by Gasteiger charge is 2.28. The summed E-state index contributed by atoms with van der Waals surface area (Å²) >= 11 is 0. The molecule has 7 nitrogen and oxygen atoms in total. The second kappa shape index (κ2) is 4.97.